The van der Waals surface area contributed by atoms with Crippen LogP contribution in [0.1, 0.15) is 0 Å². The van der Waals surface area contributed by atoms with Gasteiger partial charge in [0, 0.05) is 0 Å². The third kappa shape index (κ3) is 1.54. The van der Waals surface area contributed by atoms with Gasteiger partial charge in [0.25, 0.3) is 0 Å². The van der Waals surface area contributed by atoms with Gasteiger partial charge in [-0.1, -0.05) is 12.1 Å². The molecule has 1 atom stereocenters. The number of ether oxygens (including phenoxy) is 4. The molecule has 4 heteroatoms. The lowest BCUT2D eigenvalue weighted by Crippen LogP contribution is -2.24. The topological polar surface area (TPSA) is 40.2 Å². The van der Waals surface area contributed by atoms with Gasteiger partial charge in [0.2, 0.25) is 0 Å². The zero-order chi connectivity index (χ0) is 9.38. The van der Waals surface area contributed by atoms with Crippen LogP contribution in [0, 0.1) is 0 Å². The molecule has 0 radical (unpaired) electrons. The second-order valence-corrected chi connectivity index (χ2v) is 3.26. The zero-order valence-electron chi connectivity index (χ0n) is 7.51. The van der Waals surface area contributed by atoms with Crippen LogP contribution in [0.15, 0.2) is 24.3 Å². The average Bonchev–Trinajstić information content (AvgIpc) is 2.94. The van der Waals surface area contributed by atoms with Crippen molar-refractivity contribution in [1.82, 2.24) is 0 Å². The van der Waals surface area contributed by atoms with Crippen LogP contribution in [-0.2, 0) is 9.47 Å². The summed E-state index contributed by atoms with van der Waals surface area (Å²) in [5.74, 6) is 1.46. The van der Waals surface area contributed by atoms with E-state index in [0.717, 1.165) is 18.1 Å². The first kappa shape index (κ1) is 8.08. The Morgan fingerprint density at radius 3 is 2.43 bits per heavy atom. The lowest BCUT2D eigenvalue weighted by atomic mass is 10.3. The molecule has 1 saturated heterocycles. The molecule has 1 unspecified atom stereocenters. The van der Waals surface area contributed by atoms with Gasteiger partial charge < -0.3 is 18.9 Å². The molecule has 0 aromatic heterocycles. The summed E-state index contributed by atoms with van der Waals surface area (Å²) in [4.78, 5) is 0. The maximum absolute atomic E-state index is 5.39. The fourth-order valence-electron chi connectivity index (χ4n) is 1.29. The van der Waals surface area contributed by atoms with E-state index in [1.54, 1.807) is 0 Å². The fraction of sp³-hybridized carbons (Fsp3) is 0.400. The molecule has 0 aliphatic carbocycles. The first-order chi connectivity index (χ1) is 6.92. The summed E-state index contributed by atoms with van der Waals surface area (Å²) in [5, 5.41) is 0. The molecule has 4 nitrogen and oxygen atoms in total. The van der Waals surface area contributed by atoms with E-state index < -0.39 is 6.48 Å². The highest BCUT2D eigenvalue weighted by molar-refractivity contribution is 5.41. The zero-order valence-corrected chi connectivity index (χ0v) is 7.51. The molecule has 0 amide bonds. The lowest BCUT2D eigenvalue weighted by Gasteiger charge is -2.09. The minimum Gasteiger partial charge on any atom is -0.428 e. The number of fused-ring (bicyclic) bond motifs is 1. The summed E-state index contributed by atoms with van der Waals surface area (Å²) in [6.45, 7) is 0.690. The quantitative estimate of drug-likeness (QED) is 0.677. The van der Waals surface area contributed by atoms with Gasteiger partial charge in [0.1, 0.15) is 6.10 Å². The van der Waals surface area contributed by atoms with Crippen molar-refractivity contribution >= 4 is 0 Å². The summed E-state index contributed by atoms with van der Waals surface area (Å²) >= 11 is 0. The van der Waals surface area contributed by atoms with Crippen LogP contribution >= 0.6 is 0 Å². The van der Waals surface area contributed by atoms with Crippen LogP contribution in [0.2, 0.25) is 0 Å². The maximum Gasteiger partial charge on any atom is 0.361 e. The largest absolute Gasteiger partial charge is 0.428 e. The van der Waals surface area contributed by atoms with Gasteiger partial charge in [0.15, 0.2) is 11.5 Å². The smallest absolute Gasteiger partial charge is 0.361 e. The van der Waals surface area contributed by atoms with Gasteiger partial charge in [-0.25, -0.2) is 0 Å². The highest BCUT2D eigenvalue weighted by Crippen LogP contribution is 2.34. The van der Waals surface area contributed by atoms with Crippen LogP contribution in [0.4, 0.5) is 0 Å². The monoisotopic (exact) mass is 194 g/mol. The highest BCUT2D eigenvalue weighted by Gasteiger charge is 2.29. The molecule has 1 aromatic carbocycles. The number of hydrogen-bond donors (Lipinski definition) is 0. The van der Waals surface area contributed by atoms with Crippen molar-refractivity contribution in [3.63, 3.8) is 0 Å². The first-order valence-corrected chi connectivity index (χ1v) is 4.57. The Labute approximate surface area is 81.3 Å². The Morgan fingerprint density at radius 1 is 1.21 bits per heavy atom. The fourth-order valence-corrected chi connectivity index (χ4v) is 1.29. The summed E-state index contributed by atoms with van der Waals surface area (Å²) in [5.41, 5.74) is 0. The van der Waals surface area contributed by atoms with Crippen LogP contribution in [0.5, 0.6) is 11.5 Å². The van der Waals surface area contributed by atoms with Crippen molar-refractivity contribution in [2.24, 2.45) is 0 Å². The molecule has 3 rings (SSSR count). The Morgan fingerprint density at radius 2 is 1.86 bits per heavy atom. The van der Waals surface area contributed by atoms with E-state index in [1.807, 2.05) is 24.3 Å². The molecule has 0 spiro atoms. The van der Waals surface area contributed by atoms with E-state index in [0.29, 0.717) is 6.61 Å². The molecule has 1 fully saturated rings. The maximum atomic E-state index is 5.39. The van der Waals surface area contributed by atoms with Gasteiger partial charge >= 0.3 is 6.48 Å². The van der Waals surface area contributed by atoms with Crippen LogP contribution in [0.25, 0.3) is 0 Å². The molecule has 14 heavy (non-hydrogen) atoms. The minimum absolute atomic E-state index is 0.228. The van der Waals surface area contributed by atoms with Gasteiger partial charge in [-0.15, -0.1) is 0 Å². The number of para-hydroxylation sites is 2. The average molecular weight is 194 g/mol. The van der Waals surface area contributed by atoms with Crippen molar-refractivity contribution in [2.75, 3.05) is 13.2 Å². The molecule has 1 aromatic rings. The SMILES string of the molecule is c1ccc2c(c1)OC(OCC1CO1)O2. The predicted molar refractivity (Wildman–Crippen MR) is 47.2 cm³/mol. The molecule has 2 aliphatic rings. The van der Waals surface area contributed by atoms with Crippen LogP contribution in [0.3, 0.4) is 0 Å². The Bertz CT molecular complexity index is 310. The predicted octanol–water partition coefficient (Wildman–Crippen LogP) is 1.16. The number of rotatable bonds is 3. The number of epoxide rings is 1. The second kappa shape index (κ2) is 3.15. The first-order valence-electron chi connectivity index (χ1n) is 4.57. The molecule has 0 bridgehead atoms. The molecule has 0 saturated carbocycles. The van der Waals surface area contributed by atoms with E-state index in [4.69, 9.17) is 18.9 Å². The van der Waals surface area contributed by atoms with E-state index in [9.17, 15) is 0 Å². The summed E-state index contributed by atoms with van der Waals surface area (Å²) in [6.07, 6.45) is 0.228. The van der Waals surface area contributed by atoms with Gasteiger partial charge in [-0.2, -0.15) is 0 Å². The lowest BCUT2D eigenvalue weighted by molar-refractivity contribution is -0.178. The minimum atomic E-state index is -0.614. The van der Waals surface area contributed by atoms with Crippen molar-refractivity contribution in [3.8, 4) is 11.5 Å². The summed E-state index contributed by atoms with van der Waals surface area (Å²) < 4.78 is 21.1. The van der Waals surface area contributed by atoms with Crippen LogP contribution in [-0.4, -0.2) is 25.8 Å². The van der Waals surface area contributed by atoms with Gasteiger partial charge in [-0.05, 0) is 12.1 Å². The van der Waals surface area contributed by atoms with E-state index in [1.165, 1.54) is 0 Å². The standard InChI is InChI=1S/C10H10O4/c1-2-4-9-8(3-1)13-10(14-9)12-6-7-5-11-7/h1-4,7,10H,5-6H2. The third-order valence-corrected chi connectivity index (χ3v) is 2.12. The third-order valence-electron chi connectivity index (χ3n) is 2.12. The number of hydrogen-bond acceptors (Lipinski definition) is 4. The van der Waals surface area contributed by atoms with Crippen molar-refractivity contribution in [1.29, 1.82) is 0 Å². The Kier molecular flexibility index (Phi) is 1.82. The molecular weight excluding hydrogens is 184 g/mol. The molecule has 74 valence electrons. The molecule has 2 heterocycles. The van der Waals surface area contributed by atoms with Crippen molar-refractivity contribution < 1.29 is 18.9 Å². The van der Waals surface area contributed by atoms with E-state index in [-0.39, 0.29) is 6.10 Å². The van der Waals surface area contributed by atoms with E-state index in [2.05, 4.69) is 0 Å². The molecular formula is C10H10O4. The normalized spacial score (nSPS) is 23.9. The van der Waals surface area contributed by atoms with E-state index >= 15 is 0 Å². The second-order valence-electron chi connectivity index (χ2n) is 3.26. The molecule has 0 N–H and O–H groups in total. The van der Waals surface area contributed by atoms with Crippen molar-refractivity contribution in [3.05, 3.63) is 24.3 Å². The Hall–Kier alpha value is -1.26. The summed E-state index contributed by atoms with van der Waals surface area (Å²) in [7, 11) is 0. The molecule has 2 aliphatic heterocycles. The van der Waals surface area contributed by atoms with Crippen LogP contribution < -0.4 is 9.47 Å². The van der Waals surface area contributed by atoms with Crippen molar-refractivity contribution in [2.45, 2.75) is 12.6 Å². The number of benzene rings is 1. The van der Waals surface area contributed by atoms with Gasteiger partial charge in [-0.3, -0.25) is 0 Å². The van der Waals surface area contributed by atoms with Gasteiger partial charge in [0.05, 0.1) is 13.2 Å². The Balaban J connectivity index is 1.60. The summed E-state index contributed by atoms with van der Waals surface area (Å²) in [6, 6.07) is 7.50. The highest BCUT2D eigenvalue weighted by atomic mass is 16.9.